The van der Waals surface area contributed by atoms with Crippen LogP contribution in [-0.4, -0.2) is 50.3 Å². The van der Waals surface area contributed by atoms with E-state index < -0.39 is 0 Å². The van der Waals surface area contributed by atoms with Crippen LogP contribution in [-0.2, 0) is 4.74 Å². The summed E-state index contributed by atoms with van der Waals surface area (Å²) < 4.78 is 5.82. The Labute approximate surface area is 125 Å². The minimum Gasteiger partial charge on any atom is -0.376 e. The average molecular weight is 282 g/mol. The van der Waals surface area contributed by atoms with Crippen molar-refractivity contribution in [3.05, 3.63) is 0 Å². The van der Waals surface area contributed by atoms with E-state index >= 15 is 0 Å². The molecule has 0 aromatic carbocycles. The fourth-order valence-corrected chi connectivity index (χ4v) is 3.87. The number of morpholine rings is 1. The second-order valence-electron chi connectivity index (χ2n) is 6.87. The molecule has 1 N–H and O–H groups in total. The van der Waals surface area contributed by atoms with Gasteiger partial charge in [0.05, 0.1) is 12.7 Å². The van der Waals surface area contributed by atoms with Crippen LogP contribution < -0.4 is 5.32 Å². The zero-order valence-corrected chi connectivity index (χ0v) is 13.6. The molecule has 1 unspecified atom stereocenters. The average Bonchev–Trinajstić information content (AvgIpc) is 2.48. The summed E-state index contributed by atoms with van der Waals surface area (Å²) in [6.07, 6.45) is 9.98. The molecule has 1 aliphatic carbocycles. The molecule has 3 heteroatoms. The van der Waals surface area contributed by atoms with Gasteiger partial charge in [0.1, 0.15) is 0 Å². The first kappa shape index (κ1) is 16.3. The molecule has 1 atom stereocenters. The first-order valence-corrected chi connectivity index (χ1v) is 8.83. The Kier molecular flexibility index (Phi) is 6.79. The van der Waals surface area contributed by atoms with E-state index in [0.717, 1.165) is 26.1 Å². The number of nitrogens with one attached hydrogen (secondary N) is 1. The number of hydrogen-bond acceptors (Lipinski definition) is 3. The predicted molar refractivity (Wildman–Crippen MR) is 85.1 cm³/mol. The van der Waals surface area contributed by atoms with Crippen molar-refractivity contribution in [2.24, 2.45) is 5.41 Å². The molecule has 0 aromatic heterocycles. The molecule has 1 saturated carbocycles. The van der Waals surface area contributed by atoms with Crippen molar-refractivity contribution >= 4 is 0 Å². The molecule has 0 bridgehead atoms. The molecule has 1 aliphatic heterocycles. The van der Waals surface area contributed by atoms with Gasteiger partial charge in [0, 0.05) is 26.2 Å². The van der Waals surface area contributed by atoms with Gasteiger partial charge in [0.25, 0.3) is 0 Å². The van der Waals surface area contributed by atoms with Crippen LogP contribution in [0.1, 0.15) is 58.8 Å². The normalized spacial score (nSPS) is 27.6. The summed E-state index contributed by atoms with van der Waals surface area (Å²) in [5.41, 5.74) is 0.531. The van der Waals surface area contributed by atoms with Crippen LogP contribution in [0.3, 0.4) is 0 Å². The Morgan fingerprint density at radius 2 is 2.00 bits per heavy atom. The van der Waals surface area contributed by atoms with Gasteiger partial charge in [0.15, 0.2) is 0 Å². The van der Waals surface area contributed by atoms with Crippen LogP contribution in [0.5, 0.6) is 0 Å². The monoisotopic (exact) mass is 282 g/mol. The topological polar surface area (TPSA) is 24.5 Å². The van der Waals surface area contributed by atoms with E-state index in [1.165, 1.54) is 58.2 Å². The smallest absolute Gasteiger partial charge is 0.0700 e. The third-order valence-corrected chi connectivity index (χ3v) is 5.08. The van der Waals surface area contributed by atoms with Crippen LogP contribution in [0.4, 0.5) is 0 Å². The highest BCUT2D eigenvalue weighted by atomic mass is 16.5. The number of hydrogen-bond donors (Lipinski definition) is 1. The van der Waals surface area contributed by atoms with E-state index in [9.17, 15) is 0 Å². The molecule has 2 aliphatic rings. The van der Waals surface area contributed by atoms with Gasteiger partial charge in [-0.25, -0.2) is 0 Å². The van der Waals surface area contributed by atoms with Gasteiger partial charge in [-0.05, 0) is 37.6 Å². The highest BCUT2D eigenvalue weighted by Gasteiger charge is 2.34. The Hall–Kier alpha value is -0.120. The zero-order valence-electron chi connectivity index (χ0n) is 13.6. The first-order valence-electron chi connectivity index (χ1n) is 8.83. The van der Waals surface area contributed by atoms with Crippen molar-refractivity contribution in [2.45, 2.75) is 64.9 Å². The van der Waals surface area contributed by atoms with Crippen LogP contribution in [0.25, 0.3) is 0 Å². The molecule has 2 rings (SSSR count). The molecule has 118 valence electrons. The zero-order chi connectivity index (χ0) is 14.3. The number of ether oxygens (including phenoxy) is 1. The molecule has 20 heavy (non-hydrogen) atoms. The van der Waals surface area contributed by atoms with E-state index in [-0.39, 0.29) is 0 Å². The lowest BCUT2D eigenvalue weighted by atomic mass is 9.73. The Balaban J connectivity index is 1.88. The molecule has 2 fully saturated rings. The quantitative estimate of drug-likeness (QED) is 0.726. The van der Waals surface area contributed by atoms with Crippen molar-refractivity contribution in [3.8, 4) is 0 Å². The lowest BCUT2D eigenvalue weighted by molar-refractivity contribution is -0.0463. The van der Waals surface area contributed by atoms with Crippen molar-refractivity contribution < 1.29 is 4.74 Å². The molecule has 1 heterocycles. The predicted octanol–water partition coefficient (Wildman–Crippen LogP) is 3.05. The molecule has 0 radical (unpaired) electrons. The number of nitrogens with zero attached hydrogens (tertiary/aromatic N) is 1. The Bertz CT molecular complexity index is 264. The van der Waals surface area contributed by atoms with Crippen molar-refractivity contribution in [3.63, 3.8) is 0 Å². The molecule has 0 aromatic rings. The Morgan fingerprint density at radius 1 is 1.20 bits per heavy atom. The van der Waals surface area contributed by atoms with E-state index in [0.29, 0.717) is 11.5 Å². The largest absolute Gasteiger partial charge is 0.376 e. The van der Waals surface area contributed by atoms with E-state index in [1.54, 1.807) is 0 Å². The lowest BCUT2D eigenvalue weighted by Crippen LogP contribution is -2.50. The standard InChI is InChI=1S/C17H34N2O/c1-3-10-18-14-17(8-6-5-7-9-17)15-19-11-12-20-16(4-2)13-19/h16,18H,3-15H2,1-2H3. The maximum atomic E-state index is 5.82. The maximum absolute atomic E-state index is 5.82. The second-order valence-corrected chi connectivity index (χ2v) is 6.87. The molecule has 3 nitrogen and oxygen atoms in total. The van der Waals surface area contributed by atoms with Gasteiger partial charge in [-0.15, -0.1) is 0 Å². The fourth-order valence-electron chi connectivity index (χ4n) is 3.87. The van der Waals surface area contributed by atoms with E-state index in [1.807, 2.05) is 0 Å². The van der Waals surface area contributed by atoms with Crippen LogP contribution in [0.2, 0.25) is 0 Å². The minimum atomic E-state index is 0.466. The highest BCUT2D eigenvalue weighted by Crippen LogP contribution is 2.37. The summed E-state index contributed by atoms with van der Waals surface area (Å²) >= 11 is 0. The van der Waals surface area contributed by atoms with E-state index in [4.69, 9.17) is 4.74 Å². The van der Waals surface area contributed by atoms with Crippen molar-refractivity contribution in [1.29, 1.82) is 0 Å². The summed E-state index contributed by atoms with van der Waals surface area (Å²) in [5, 5.41) is 3.70. The molecule has 0 spiro atoms. The highest BCUT2D eigenvalue weighted by molar-refractivity contribution is 4.89. The molecular formula is C17H34N2O. The van der Waals surface area contributed by atoms with Gasteiger partial charge in [-0.2, -0.15) is 0 Å². The minimum absolute atomic E-state index is 0.466. The molecular weight excluding hydrogens is 248 g/mol. The number of rotatable bonds is 7. The van der Waals surface area contributed by atoms with Crippen molar-refractivity contribution in [1.82, 2.24) is 10.2 Å². The van der Waals surface area contributed by atoms with Crippen molar-refractivity contribution in [2.75, 3.05) is 39.3 Å². The lowest BCUT2D eigenvalue weighted by Gasteiger charge is -2.43. The van der Waals surface area contributed by atoms with Gasteiger partial charge in [-0.1, -0.05) is 33.1 Å². The summed E-state index contributed by atoms with van der Waals surface area (Å²) in [4.78, 5) is 2.68. The van der Waals surface area contributed by atoms with Gasteiger partial charge >= 0.3 is 0 Å². The summed E-state index contributed by atoms with van der Waals surface area (Å²) in [7, 11) is 0. The SMILES string of the molecule is CCCNCC1(CN2CCOC(CC)C2)CCCCC1. The second kappa shape index (κ2) is 8.35. The van der Waals surface area contributed by atoms with Gasteiger partial charge in [0.2, 0.25) is 0 Å². The van der Waals surface area contributed by atoms with Gasteiger partial charge in [-0.3, -0.25) is 4.90 Å². The maximum Gasteiger partial charge on any atom is 0.0700 e. The first-order chi connectivity index (χ1) is 9.78. The van der Waals surface area contributed by atoms with Gasteiger partial charge < -0.3 is 10.1 Å². The van der Waals surface area contributed by atoms with E-state index in [2.05, 4.69) is 24.1 Å². The van der Waals surface area contributed by atoms with Crippen LogP contribution >= 0.6 is 0 Å². The fraction of sp³-hybridized carbons (Fsp3) is 1.00. The van der Waals surface area contributed by atoms with Crippen LogP contribution in [0, 0.1) is 5.41 Å². The summed E-state index contributed by atoms with van der Waals surface area (Å²) in [6.45, 7) is 11.4. The summed E-state index contributed by atoms with van der Waals surface area (Å²) in [6, 6.07) is 0. The summed E-state index contributed by atoms with van der Waals surface area (Å²) in [5.74, 6) is 0. The third kappa shape index (κ3) is 4.71. The third-order valence-electron chi connectivity index (χ3n) is 5.08. The molecule has 1 saturated heterocycles. The van der Waals surface area contributed by atoms with Crippen LogP contribution in [0.15, 0.2) is 0 Å². The Morgan fingerprint density at radius 3 is 2.70 bits per heavy atom. The molecule has 0 amide bonds.